The normalized spacial score (nSPS) is 20.6. The highest BCUT2D eigenvalue weighted by Crippen LogP contribution is 2.30. The molecule has 0 N–H and O–H groups in total. The van der Waals surface area contributed by atoms with Crippen molar-refractivity contribution in [1.82, 2.24) is 0 Å². The number of benzene rings is 2. The van der Waals surface area contributed by atoms with Gasteiger partial charge in [-0.05, 0) is 36.5 Å². The van der Waals surface area contributed by atoms with Gasteiger partial charge in [-0.15, -0.1) is 0 Å². The predicted molar refractivity (Wildman–Crippen MR) is 103 cm³/mol. The molecule has 25 heavy (non-hydrogen) atoms. The summed E-state index contributed by atoms with van der Waals surface area (Å²) in [6.07, 6.45) is 6.53. The molecule has 1 aliphatic rings. The van der Waals surface area contributed by atoms with Crippen LogP contribution in [0.5, 0.6) is 0 Å². The predicted octanol–water partition coefficient (Wildman–Crippen LogP) is 5.95. The molecule has 0 saturated carbocycles. The molecule has 2 aromatic carbocycles. The Hall–Kier alpha value is -1.64. The van der Waals surface area contributed by atoms with Gasteiger partial charge in [-0.25, -0.2) is 0 Å². The van der Waals surface area contributed by atoms with E-state index in [2.05, 4.69) is 62.4 Å². The lowest BCUT2D eigenvalue weighted by atomic mass is 10.0. The van der Waals surface area contributed by atoms with Gasteiger partial charge in [0.25, 0.3) is 0 Å². The molecule has 1 aliphatic heterocycles. The highest BCUT2D eigenvalue weighted by Gasteiger charge is 2.24. The molecule has 1 heterocycles. The topological polar surface area (TPSA) is 18.5 Å². The second-order valence-corrected chi connectivity index (χ2v) is 7.11. The van der Waals surface area contributed by atoms with Gasteiger partial charge in [0.05, 0.1) is 13.2 Å². The first-order valence-electron chi connectivity index (χ1n) is 9.65. The average Bonchev–Trinajstić information content (AvgIpc) is 2.67. The molecule has 2 aromatic rings. The molecular weight excluding hydrogens is 308 g/mol. The van der Waals surface area contributed by atoms with E-state index in [-0.39, 0.29) is 12.2 Å². The minimum Gasteiger partial charge on any atom is -0.368 e. The van der Waals surface area contributed by atoms with Crippen LogP contribution in [0.25, 0.3) is 0 Å². The highest BCUT2D eigenvalue weighted by atomic mass is 16.6. The summed E-state index contributed by atoms with van der Waals surface area (Å²) in [5.41, 5.74) is 5.12. The third kappa shape index (κ3) is 5.17. The van der Waals surface area contributed by atoms with Crippen molar-refractivity contribution >= 4 is 0 Å². The minimum absolute atomic E-state index is 0.0506. The number of ether oxygens (including phenoxy) is 2. The zero-order chi connectivity index (χ0) is 17.5. The Morgan fingerprint density at radius 3 is 1.84 bits per heavy atom. The molecule has 2 atom stereocenters. The van der Waals surface area contributed by atoms with Gasteiger partial charge >= 0.3 is 0 Å². The Morgan fingerprint density at radius 1 is 0.760 bits per heavy atom. The maximum absolute atomic E-state index is 6.09. The van der Waals surface area contributed by atoms with Crippen molar-refractivity contribution < 1.29 is 9.47 Å². The van der Waals surface area contributed by atoms with Gasteiger partial charge < -0.3 is 9.47 Å². The Morgan fingerprint density at radius 2 is 1.32 bits per heavy atom. The van der Waals surface area contributed by atoms with Crippen LogP contribution in [-0.2, 0) is 15.9 Å². The molecule has 0 amide bonds. The van der Waals surface area contributed by atoms with Crippen molar-refractivity contribution in [3.05, 3.63) is 70.8 Å². The van der Waals surface area contributed by atoms with Gasteiger partial charge in [0.15, 0.2) is 0 Å². The standard InChI is InChI=1S/C23H30O2/c1-3-4-5-6-7-19-10-14-21(15-11-19)23-17-24-22(16-25-23)20-12-8-18(2)9-13-20/h8-15,22-23H,3-7,16-17H2,1-2H3/t22-,23+/m0/s1. The van der Waals surface area contributed by atoms with E-state index in [1.807, 2.05) is 0 Å². The van der Waals surface area contributed by atoms with Crippen LogP contribution in [0.4, 0.5) is 0 Å². The van der Waals surface area contributed by atoms with E-state index in [0.717, 1.165) is 0 Å². The number of unbranched alkanes of at least 4 members (excludes halogenated alkanes) is 3. The summed E-state index contributed by atoms with van der Waals surface area (Å²) in [4.78, 5) is 0. The number of aryl methyl sites for hydroxylation is 2. The lowest BCUT2D eigenvalue weighted by Gasteiger charge is -2.30. The van der Waals surface area contributed by atoms with E-state index in [9.17, 15) is 0 Å². The van der Waals surface area contributed by atoms with Gasteiger partial charge in [0, 0.05) is 0 Å². The maximum Gasteiger partial charge on any atom is 0.106 e. The van der Waals surface area contributed by atoms with Crippen LogP contribution in [0.1, 0.15) is 67.1 Å². The quantitative estimate of drug-likeness (QED) is 0.581. The smallest absolute Gasteiger partial charge is 0.106 e. The first-order chi connectivity index (χ1) is 12.3. The zero-order valence-corrected chi connectivity index (χ0v) is 15.5. The molecule has 2 heteroatoms. The monoisotopic (exact) mass is 338 g/mol. The van der Waals surface area contributed by atoms with Crippen LogP contribution in [0.2, 0.25) is 0 Å². The Bertz CT molecular complexity index is 622. The van der Waals surface area contributed by atoms with Crippen LogP contribution in [-0.4, -0.2) is 13.2 Å². The lowest BCUT2D eigenvalue weighted by Crippen LogP contribution is -2.25. The van der Waals surface area contributed by atoms with E-state index in [4.69, 9.17) is 9.47 Å². The van der Waals surface area contributed by atoms with Crippen molar-refractivity contribution in [2.75, 3.05) is 13.2 Å². The van der Waals surface area contributed by atoms with E-state index >= 15 is 0 Å². The third-order valence-electron chi connectivity index (χ3n) is 5.02. The molecular formula is C23H30O2. The Balaban J connectivity index is 1.50. The van der Waals surface area contributed by atoms with Crippen LogP contribution in [0, 0.1) is 6.92 Å². The third-order valence-corrected chi connectivity index (χ3v) is 5.02. The summed E-state index contributed by atoms with van der Waals surface area (Å²) in [6.45, 7) is 5.59. The largest absolute Gasteiger partial charge is 0.368 e. The van der Waals surface area contributed by atoms with Gasteiger partial charge in [0.2, 0.25) is 0 Å². The van der Waals surface area contributed by atoms with Gasteiger partial charge in [0.1, 0.15) is 12.2 Å². The molecule has 1 fully saturated rings. The van der Waals surface area contributed by atoms with Crippen LogP contribution in [0.15, 0.2) is 48.5 Å². The van der Waals surface area contributed by atoms with Gasteiger partial charge in [-0.3, -0.25) is 0 Å². The first kappa shape index (κ1) is 18.2. The average molecular weight is 338 g/mol. The fourth-order valence-electron chi connectivity index (χ4n) is 3.32. The molecule has 1 saturated heterocycles. The first-order valence-corrected chi connectivity index (χ1v) is 9.65. The summed E-state index contributed by atoms with van der Waals surface area (Å²) in [7, 11) is 0. The molecule has 2 nitrogen and oxygen atoms in total. The molecule has 0 unspecified atom stereocenters. The fourth-order valence-corrected chi connectivity index (χ4v) is 3.32. The number of hydrogen-bond donors (Lipinski definition) is 0. The second kappa shape index (κ2) is 9.17. The van der Waals surface area contributed by atoms with Crippen molar-refractivity contribution in [3.8, 4) is 0 Å². The molecule has 134 valence electrons. The number of rotatable bonds is 7. The summed E-state index contributed by atoms with van der Waals surface area (Å²) in [5, 5.41) is 0. The highest BCUT2D eigenvalue weighted by molar-refractivity contribution is 5.26. The van der Waals surface area contributed by atoms with E-state index in [1.54, 1.807) is 0 Å². The van der Waals surface area contributed by atoms with E-state index < -0.39 is 0 Å². The molecule has 3 rings (SSSR count). The molecule has 0 bridgehead atoms. The van der Waals surface area contributed by atoms with Gasteiger partial charge in [-0.1, -0.05) is 80.3 Å². The maximum atomic E-state index is 6.09. The van der Waals surface area contributed by atoms with Crippen molar-refractivity contribution in [2.45, 2.75) is 58.2 Å². The Labute approximate surface area is 152 Å². The van der Waals surface area contributed by atoms with Crippen LogP contribution in [0.3, 0.4) is 0 Å². The van der Waals surface area contributed by atoms with Crippen LogP contribution >= 0.6 is 0 Å². The zero-order valence-electron chi connectivity index (χ0n) is 15.5. The Kier molecular flexibility index (Phi) is 6.66. The fraction of sp³-hybridized carbons (Fsp3) is 0.478. The molecule has 0 radical (unpaired) electrons. The van der Waals surface area contributed by atoms with E-state index in [0.29, 0.717) is 13.2 Å². The van der Waals surface area contributed by atoms with Crippen LogP contribution < -0.4 is 0 Å². The summed E-state index contributed by atoms with van der Waals surface area (Å²) in [5.74, 6) is 0. The molecule has 0 spiro atoms. The van der Waals surface area contributed by atoms with Gasteiger partial charge in [-0.2, -0.15) is 0 Å². The number of hydrogen-bond acceptors (Lipinski definition) is 2. The summed E-state index contributed by atoms with van der Waals surface area (Å²) in [6, 6.07) is 17.4. The van der Waals surface area contributed by atoms with Crippen molar-refractivity contribution in [2.24, 2.45) is 0 Å². The SMILES string of the molecule is CCCCCCc1ccc([C@H]2CO[C@H](c3ccc(C)cc3)CO2)cc1. The van der Waals surface area contributed by atoms with Crippen molar-refractivity contribution in [3.63, 3.8) is 0 Å². The van der Waals surface area contributed by atoms with Crippen molar-refractivity contribution in [1.29, 1.82) is 0 Å². The van der Waals surface area contributed by atoms with E-state index in [1.165, 1.54) is 54.4 Å². The molecule has 0 aromatic heterocycles. The minimum atomic E-state index is 0.0506. The summed E-state index contributed by atoms with van der Waals surface area (Å²) < 4.78 is 12.2. The summed E-state index contributed by atoms with van der Waals surface area (Å²) >= 11 is 0. The molecule has 0 aliphatic carbocycles. The lowest BCUT2D eigenvalue weighted by molar-refractivity contribution is -0.137. The second-order valence-electron chi connectivity index (χ2n) is 7.11.